The monoisotopic (exact) mass is 452 g/mol. The van der Waals surface area contributed by atoms with Crippen LogP contribution in [0.3, 0.4) is 0 Å². The van der Waals surface area contributed by atoms with E-state index in [9.17, 15) is 4.79 Å². The zero-order valence-corrected chi connectivity index (χ0v) is 18.2. The fourth-order valence-electron chi connectivity index (χ4n) is 4.59. The Morgan fingerprint density at radius 2 is 2.00 bits per heavy atom. The number of nitrogens with zero attached hydrogens (tertiary/aromatic N) is 4. The van der Waals surface area contributed by atoms with E-state index in [2.05, 4.69) is 44.4 Å². The minimum Gasteiger partial charge on any atom is -0.439 e. The molecule has 6 aromatic rings. The van der Waals surface area contributed by atoms with Crippen molar-refractivity contribution in [2.75, 3.05) is 5.73 Å². The molecule has 0 spiro atoms. The lowest BCUT2D eigenvalue weighted by Gasteiger charge is -2.20. The summed E-state index contributed by atoms with van der Waals surface area (Å²) in [5, 5.41) is 9.57. The van der Waals surface area contributed by atoms with E-state index in [4.69, 9.17) is 10.5 Å². The summed E-state index contributed by atoms with van der Waals surface area (Å²) in [5.41, 5.74) is 11.6. The normalized spacial score (nSPS) is 15.5. The highest BCUT2D eigenvalue weighted by atomic mass is 32.1. The Bertz CT molecular complexity index is 1730. The first-order valence-corrected chi connectivity index (χ1v) is 11.2. The molecule has 4 aromatic heterocycles. The van der Waals surface area contributed by atoms with Gasteiger partial charge in [0, 0.05) is 32.3 Å². The Hall–Kier alpha value is -4.24. The molecule has 0 amide bonds. The van der Waals surface area contributed by atoms with E-state index in [1.165, 1.54) is 14.7 Å². The molecule has 5 heterocycles. The number of nitrogens with two attached hydrogens (primary N) is 1. The van der Waals surface area contributed by atoms with Gasteiger partial charge in [-0.15, -0.1) is 11.3 Å². The van der Waals surface area contributed by atoms with Crippen LogP contribution >= 0.6 is 11.3 Å². The fraction of sp³-hybridized carbons (Fsp3) is 0.0833. The summed E-state index contributed by atoms with van der Waals surface area (Å²) in [6, 6.07) is 14.7. The zero-order valence-electron chi connectivity index (χ0n) is 17.4. The van der Waals surface area contributed by atoms with E-state index in [0.29, 0.717) is 16.7 Å². The first-order chi connectivity index (χ1) is 16.1. The van der Waals surface area contributed by atoms with Gasteiger partial charge in [0.1, 0.15) is 22.8 Å². The van der Waals surface area contributed by atoms with Crippen LogP contribution in [-0.2, 0) is 4.74 Å². The Kier molecular flexibility index (Phi) is 3.55. The molecular formula is C24H16N6O2S. The summed E-state index contributed by atoms with van der Waals surface area (Å²) in [4.78, 5) is 22.6. The molecule has 1 aliphatic rings. The van der Waals surface area contributed by atoms with E-state index in [1.54, 1.807) is 30.7 Å². The average molecular weight is 452 g/mol. The molecule has 0 bridgehead atoms. The maximum atomic E-state index is 12.6. The first kappa shape index (κ1) is 18.3. The minimum absolute atomic E-state index is 0.149. The van der Waals surface area contributed by atoms with Crippen LogP contribution in [0.15, 0.2) is 54.9 Å². The number of anilines is 1. The Morgan fingerprint density at radius 3 is 2.88 bits per heavy atom. The van der Waals surface area contributed by atoms with Gasteiger partial charge in [-0.05, 0) is 42.1 Å². The summed E-state index contributed by atoms with van der Waals surface area (Å²) in [6.45, 7) is 1.78. The Labute approximate surface area is 190 Å². The molecule has 0 saturated heterocycles. The quantitative estimate of drug-likeness (QED) is 0.359. The number of H-pyrrole nitrogens is 1. The lowest BCUT2D eigenvalue weighted by molar-refractivity contribution is 0.102. The topological polar surface area (TPSA) is 112 Å². The third-order valence-corrected chi connectivity index (χ3v) is 7.24. The number of carbonyl (C=O) groups is 1. The molecule has 1 atom stereocenters. The second-order valence-corrected chi connectivity index (χ2v) is 9.19. The molecular weight excluding hydrogens is 436 g/mol. The van der Waals surface area contributed by atoms with Crippen molar-refractivity contribution in [2.24, 2.45) is 0 Å². The zero-order chi connectivity index (χ0) is 22.3. The molecule has 0 aliphatic carbocycles. The van der Waals surface area contributed by atoms with Crippen molar-refractivity contribution in [3.05, 3.63) is 60.6 Å². The minimum atomic E-state index is -0.494. The van der Waals surface area contributed by atoms with E-state index >= 15 is 0 Å². The van der Waals surface area contributed by atoms with Crippen molar-refractivity contribution in [1.29, 1.82) is 0 Å². The summed E-state index contributed by atoms with van der Waals surface area (Å²) >= 11 is 1.73. The van der Waals surface area contributed by atoms with Gasteiger partial charge in [0.05, 0.1) is 11.7 Å². The number of cyclic esters (lactones) is 1. The molecule has 7 rings (SSSR count). The number of nitrogens with one attached hydrogen (secondary N) is 1. The predicted octanol–water partition coefficient (Wildman–Crippen LogP) is 5.50. The van der Waals surface area contributed by atoms with Crippen molar-refractivity contribution in [3.63, 3.8) is 0 Å². The van der Waals surface area contributed by atoms with Gasteiger partial charge in [-0.25, -0.2) is 19.3 Å². The van der Waals surface area contributed by atoms with Crippen LogP contribution in [0.25, 0.3) is 53.6 Å². The number of hydrogen-bond acceptors (Lipinski definition) is 7. The molecule has 33 heavy (non-hydrogen) atoms. The maximum Gasteiger partial charge on any atom is 0.419 e. The summed E-state index contributed by atoms with van der Waals surface area (Å²) < 4.78 is 8.14. The van der Waals surface area contributed by atoms with Crippen molar-refractivity contribution in [3.8, 4) is 21.6 Å². The molecule has 3 N–H and O–H groups in total. The summed E-state index contributed by atoms with van der Waals surface area (Å²) in [7, 11) is 0. The number of hydrogen-bond donors (Lipinski definition) is 2. The van der Waals surface area contributed by atoms with Gasteiger partial charge in [-0.3, -0.25) is 5.10 Å². The number of thiophene rings is 1. The summed E-state index contributed by atoms with van der Waals surface area (Å²) in [6.07, 6.45) is 2.62. The molecule has 160 valence electrons. The maximum absolute atomic E-state index is 12.6. The van der Waals surface area contributed by atoms with Crippen molar-refractivity contribution < 1.29 is 9.53 Å². The smallest absolute Gasteiger partial charge is 0.419 e. The van der Waals surface area contributed by atoms with E-state index in [1.807, 2.05) is 18.2 Å². The van der Waals surface area contributed by atoms with Gasteiger partial charge in [0.15, 0.2) is 0 Å². The van der Waals surface area contributed by atoms with Gasteiger partial charge in [0.25, 0.3) is 0 Å². The number of aromatic nitrogens is 5. The number of carbonyl (C=O) groups excluding carboxylic acids is 1. The molecule has 8 nitrogen and oxygen atoms in total. The third-order valence-electron chi connectivity index (χ3n) is 6.09. The number of ether oxygens (including phenoxy) is 1. The molecule has 2 aromatic carbocycles. The predicted molar refractivity (Wildman–Crippen MR) is 128 cm³/mol. The fourth-order valence-corrected chi connectivity index (χ4v) is 5.68. The molecule has 1 aliphatic heterocycles. The summed E-state index contributed by atoms with van der Waals surface area (Å²) in [5.74, 6) is 0.149. The van der Waals surface area contributed by atoms with Crippen LogP contribution in [0.4, 0.5) is 10.7 Å². The average Bonchev–Trinajstić information content (AvgIpc) is 3.53. The molecule has 0 radical (unpaired) electrons. The van der Waals surface area contributed by atoms with Gasteiger partial charge in [0.2, 0.25) is 5.95 Å². The van der Waals surface area contributed by atoms with Crippen molar-refractivity contribution in [1.82, 2.24) is 24.7 Å². The van der Waals surface area contributed by atoms with Crippen LogP contribution in [0.2, 0.25) is 0 Å². The SMILES string of the molecule is CC1OC(=O)n2cc(-c3cc(-c4cc5ccccc5s4)c4[nH]ncc4c3)c3nc(N)nc1c32. The highest BCUT2D eigenvalue weighted by molar-refractivity contribution is 7.22. The highest BCUT2D eigenvalue weighted by Crippen LogP contribution is 2.42. The second kappa shape index (κ2) is 6.39. The van der Waals surface area contributed by atoms with Gasteiger partial charge in [-0.2, -0.15) is 5.10 Å². The van der Waals surface area contributed by atoms with Gasteiger partial charge in [-0.1, -0.05) is 18.2 Å². The van der Waals surface area contributed by atoms with Crippen LogP contribution in [0, 0.1) is 0 Å². The van der Waals surface area contributed by atoms with Gasteiger partial charge < -0.3 is 10.5 Å². The number of aromatic amines is 1. The second-order valence-electron chi connectivity index (χ2n) is 8.11. The molecule has 1 unspecified atom stereocenters. The standard InChI is InChI=1S/C24H16N6O2S/c1-11-19-22-21(28-23(25)27-19)16(10-30(22)24(31)32-11)13-6-14-9-26-29-20(14)15(7-13)18-8-12-4-2-3-5-17(12)33-18/h2-11H,1H3,(H,26,29)(H2,25,27,28). The lowest BCUT2D eigenvalue weighted by atomic mass is 10.0. The van der Waals surface area contributed by atoms with Crippen LogP contribution in [-0.4, -0.2) is 30.8 Å². The third kappa shape index (κ3) is 2.56. The molecule has 9 heteroatoms. The number of rotatable bonds is 2. The first-order valence-electron chi connectivity index (χ1n) is 10.4. The van der Waals surface area contributed by atoms with Crippen LogP contribution in [0.1, 0.15) is 18.7 Å². The van der Waals surface area contributed by atoms with E-state index in [0.717, 1.165) is 32.5 Å². The van der Waals surface area contributed by atoms with Gasteiger partial charge >= 0.3 is 6.09 Å². The number of nitrogen functional groups attached to an aromatic ring is 1. The van der Waals surface area contributed by atoms with Crippen molar-refractivity contribution in [2.45, 2.75) is 13.0 Å². The van der Waals surface area contributed by atoms with E-state index in [-0.39, 0.29) is 5.95 Å². The largest absolute Gasteiger partial charge is 0.439 e. The molecule has 0 saturated carbocycles. The van der Waals surface area contributed by atoms with Crippen molar-refractivity contribution >= 4 is 55.4 Å². The highest BCUT2D eigenvalue weighted by Gasteiger charge is 2.30. The Balaban J connectivity index is 1.53. The van der Waals surface area contributed by atoms with Crippen LogP contribution < -0.4 is 5.73 Å². The van der Waals surface area contributed by atoms with Crippen LogP contribution in [0.5, 0.6) is 0 Å². The lowest BCUT2D eigenvalue weighted by Crippen LogP contribution is -2.22. The Morgan fingerprint density at radius 1 is 1.12 bits per heavy atom. The number of fused-ring (bicyclic) bond motifs is 2. The number of benzene rings is 2. The molecule has 0 fully saturated rings. The van der Waals surface area contributed by atoms with E-state index < -0.39 is 12.2 Å².